The van der Waals surface area contributed by atoms with E-state index in [1.54, 1.807) is 17.0 Å². The normalized spacial score (nSPS) is 14.5. The quantitative estimate of drug-likeness (QED) is 0.599. The number of hydrogen-bond donors (Lipinski definition) is 0. The third-order valence-electron chi connectivity index (χ3n) is 4.65. The van der Waals surface area contributed by atoms with E-state index in [0.29, 0.717) is 18.7 Å². The van der Waals surface area contributed by atoms with Crippen molar-refractivity contribution in [2.75, 3.05) is 45.2 Å². The van der Waals surface area contributed by atoms with Gasteiger partial charge in [0.1, 0.15) is 0 Å². The summed E-state index contributed by atoms with van der Waals surface area (Å²) in [5.41, 5.74) is 2.73. The van der Waals surface area contributed by atoms with Gasteiger partial charge in [-0.3, -0.25) is 14.9 Å². The third kappa shape index (κ3) is 4.62. The van der Waals surface area contributed by atoms with Crippen molar-refractivity contribution < 1.29 is 9.72 Å². The minimum Gasteiger partial charge on any atom is -0.368 e. The van der Waals surface area contributed by atoms with Gasteiger partial charge in [0.25, 0.3) is 11.6 Å². The first-order valence-electron chi connectivity index (χ1n) is 8.96. The fraction of sp³-hybridized carbons (Fsp3) is 0.350. The number of nitro benzene ring substituents is 1. The first-order chi connectivity index (χ1) is 12.9. The molecule has 0 saturated carbocycles. The molecule has 0 radical (unpaired) electrons. The van der Waals surface area contributed by atoms with E-state index in [1.807, 2.05) is 14.1 Å². The topological polar surface area (TPSA) is 69.9 Å². The minimum atomic E-state index is -0.477. The number of benzene rings is 2. The van der Waals surface area contributed by atoms with Crippen LogP contribution < -0.4 is 4.90 Å². The van der Waals surface area contributed by atoms with Crippen LogP contribution in [0.2, 0.25) is 0 Å². The Morgan fingerprint density at radius 1 is 1.07 bits per heavy atom. The van der Waals surface area contributed by atoms with Crippen LogP contribution in [0.25, 0.3) is 0 Å². The minimum absolute atomic E-state index is 0.0582. The van der Waals surface area contributed by atoms with Crippen LogP contribution in [0.15, 0.2) is 48.5 Å². The molecule has 0 atom stereocenters. The molecule has 0 bridgehead atoms. The first-order valence-corrected chi connectivity index (χ1v) is 8.96. The van der Waals surface area contributed by atoms with E-state index >= 15 is 0 Å². The highest BCUT2D eigenvalue weighted by Crippen LogP contribution is 2.20. The molecule has 1 saturated heterocycles. The van der Waals surface area contributed by atoms with Gasteiger partial charge in [0, 0.05) is 56.1 Å². The average Bonchev–Trinajstić information content (AvgIpc) is 2.67. The van der Waals surface area contributed by atoms with Crippen LogP contribution in [0.3, 0.4) is 0 Å². The second kappa shape index (κ2) is 8.18. The lowest BCUT2D eigenvalue weighted by molar-refractivity contribution is -0.384. The predicted molar refractivity (Wildman–Crippen MR) is 105 cm³/mol. The molecule has 7 heteroatoms. The lowest BCUT2D eigenvalue weighted by Gasteiger charge is -2.36. The molecule has 3 rings (SSSR count). The zero-order valence-corrected chi connectivity index (χ0v) is 15.7. The number of nitro groups is 1. The van der Waals surface area contributed by atoms with E-state index in [9.17, 15) is 14.9 Å². The molecule has 1 amide bonds. The lowest BCUT2D eigenvalue weighted by Crippen LogP contribution is -2.48. The number of nitrogens with zero attached hydrogens (tertiary/aromatic N) is 4. The Morgan fingerprint density at radius 2 is 1.78 bits per heavy atom. The summed E-state index contributed by atoms with van der Waals surface area (Å²) in [6, 6.07) is 14.4. The highest BCUT2D eigenvalue weighted by molar-refractivity contribution is 5.95. The van der Waals surface area contributed by atoms with Crippen molar-refractivity contribution in [3.05, 3.63) is 69.8 Å². The second-order valence-electron chi connectivity index (χ2n) is 6.99. The standard InChI is InChI=1S/C20H24N4O3/c1-21(2)15-16-5-3-7-18(13-16)22-9-11-23(12-10-22)20(25)17-6-4-8-19(14-17)24(26)27/h3-8,13-14H,9-12,15H2,1-2H3. The fourth-order valence-electron chi connectivity index (χ4n) is 3.32. The van der Waals surface area contributed by atoms with Gasteiger partial charge in [0.05, 0.1) is 4.92 Å². The Balaban J connectivity index is 1.64. The summed E-state index contributed by atoms with van der Waals surface area (Å²) in [6.07, 6.45) is 0. The summed E-state index contributed by atoms with van der Waals surface area (Å²) in [5.74, 6) is -0.153. The highest BCUT2D eigenvalue weighted by atomic mass is 16.6. The smallest absolute Gasteiger partial charge is 0.270 e. The van der Waals surface area contributed by atoms with Gasteiger partial charge in [0.2, 0.25) is 0 Å². The Bertz CT molecular complexity index is 829. The Labute approximate surface area is 158 Å². The Morgan fingerprint density at radius 3 is 2.44 bits per heavy atom. The van der Waals surface area contributed by atoms with E-state index in [1.165, 1.54) is 17.7 Å². The molecular weight excluding hydrogens is 344 g/mol. The van der Waals surface area contributed by atoms with Gasteiger partial charge in [-0.15, -0.1) is 0 Å². The number of carbonyl (C=O) groups excluding carboxylic acids is 1. The van der Waals surface area contributed by atoms with Gasteiger partial charge in [-0.1, -0.05) is 18.2 Å². The van der Waals surface area contributed by atoms with E-state index in [2.05, 4.69) is 34.1 Å². The van der Waals surface area contributed by atoms with Gasteiger partial charge >= 0.3 is 0 Å². The van der Waals surface area contributed by atoms with Gasteiger partial charge in [-0.05, 0) is 37.9 Å². The van der Waals surface area contributed by atoms with Crippen molar-refractivity contribution in [1.29, 1.82) is 0 Å². The van der Waals surface area contributed by atoms with Crippen molar-refractivity contribution >= 4 is 17.3 Å². The van der Waals surface area contributed by atoms with Gasteiger partial charge in [-0.2, -0.15) is 0 Å². The molecule has 2 aromatic carbocycles. The SMILES string of the molecule is CN(C)Cc1cccc(N2CCN(C(=O)c3cccc([N+](=O)[O-])c3)CC2)c1. The molecule has 1 fully saturated rings. The van der Waals surface area contributed by atoms with E-state index in [-0.39, 0.29) is 11.6 Å². The van der Waals surface area contributed by atoms with Crippen LogP contribution in [0.1, 0.15) is 15.9 Å². The summed E-state index contributed by atoms with van der Waals surface area (Å²) in [6.45, 7) is 3.57. The number of amides is 1. The summed E-state index contributed by atoms with van der Waals surface area (Å²) >= 11 is 0. The van der Waals surface area contributed by atoms with Crippen molar-refractivity contribution in [2.45, 2.75) is 6.54 Å². The van der Waals surface area contributed by atoms with Crippen LogP contribution >= 0.6 is 0 Å². The maximum atomic E-state index is 12.7. The zero-order chi connectivity index (χ0) is 19.4. The number of rotatable bonds is 5. The molecule has 0 N–H and O–H groups in total. The molecule has 1 heterocycles. The molecule has 0 aliphatic carbocycles. The van der Waals surface area contributed by atoms with E-state index in [4.69, 9.17) is 0 Å². The van der Waals surface area contributed by atoms with Crippen LogP contribution in [-0.4, -0.2) is 60.9 Å². The van der Waals surface area contributed by atoms with Crippen molar-refractivity contribution in [2.24, 2.45) is 0 Å². The fourth-order valence-corrected chi connectivity index (χ4v) is 3.32. The number of non-ortho nitro benzene ring substituents is 1. The number of anilines is 1. The summed E-state index contributed by atoms with van der Waals surface area (Å²) < 4.78 is 0. The maximum Gasteiger partial charge on any atom is 0.270 e. The van der Waals surface area contributed by atoms with E-state index in [0.717, 1.165) is 25.3 Å². The maximum absolute atomic E-state index is 12.7. The molecule has 2 aromatic rings. The Hall–Kier alpha value is -2.93. The number of carbonyl (C=O) groups is 1. The molecule has 27 heavy (non-hydrogen) atoms. The summed E-state index contributed by atoms with van der Waals surface area (Å²) in [7, 11) is 4.09. The second-order valence-corrected chi connectivity index (χ2v) is 6.99. The third-order valence-corrected chi connectivity index (χ3v) is 4.65. The van der Waals surface area contributed by atoms with Gasteiger partial charge in [0.15, 0.2) is 0 Å². The van der Waals surface area contributed by atoms with Crippen LogP contribution in [-0.2, 0) is 6.54 Å². The van der Waals surface area contributed by atoms with Crippen LogP contribution in [0.4, 0.5) is 11.4 Å². The molecule has 0 aromatic heterocycles. The molecule has 142 valence electrons. The van der Waals surface area contributed by atoms with Crippen LogP contribution in [0, 0.1) is 10.1 Å². The monoisotopic (exact) mass is 368 g/mol. The van der Waals surface area contributed by atoms with Crippen LogP contribution in [0.5, 0.6) is 0 Å². The molecule has 7 nitrogen and oxygen atoms in total. The molecule has 0 spiro atoms. The molecule has 1 aliphatic heterocycles. The van der Waals surface area contributed by atoms with Crippen molar-refractivity contribution in [3.8, 4) is 0 Å². The number of piperazine rings is 1. The average molecular weight is 368 g/mol. The summed E-state index contributed by atoms with van der Waals surface area (Å²) in [4.78, 5) is 29.3. The Kier molecular flexibility index (Phi) is 5.71. The van der Waals surface area contributed by atoms with E-state index < -0.39 is 4.92 Å². The number of hydrogen-bond acceptors (Lipinski definition) is 5. The largest absolute Gasteiger partial charge is 0.368 e. The zero-order valence-electron chi connectivity index (χ0n) is 15.7. The highest BCUT2D eigenvalue weighted by Gasteiger charge is 2.23. The molecule has 1 aliphatic rings. The van der Waals surface area contributed by atoms with Gasteiger partial charge in [-0.25, -0.2) is 0 Å². The van der Waals surface area contributed by atoms with Crippen molar-refractivity contribution in [3.63, 3.8) is 0 Å². The lowest BCUT2D eigenvalue weighted by atomic mass is 10.1. The first kappa shape index (κ1) is 18.8. The molecular formula is C20H24N4O3. The van der Waals surface area contributed by atoms with Crippen molar-refractivity contribution in [1.82, 2.24) is 9.80 Å². The van der Waals surface area contributed by atoms with Gasteiger partial charge < -0.3 is 14.7 Å². The summed E-state index contributed by atoms with van der Waals surface area (Å²) in [5, 5.41) is 10.9. The predicted octanol–water partition coefficient (Wildman–Crippen LogP) is 2.62. The molecule has 0 unspecified atom stereocenters.